The Morgan fingerprint density at radius 3 is 2.08 bits per heavy atom. The Bertz CT molecular complexity index is 778. The fourth-order valence-corrected chi connectivity index (χ4v) is 2.59. The van der Waals surface area contributed by atoms with Crippen LogP contribution in [0.1, 0.15) is 5.56 Å². The molecule has 0 spiro atoms. The molecule has 7 heteroatoms. The Morgan fingerprint density at radius 1 is 1.00 bits per heavy atom. The van der Waals surface area contributed by atoms with Crippen molar-refractivity contribution >= 4 is 34.8 Å². The van der Waals surface area contributed by atoms with Crippen molar-refractivity contribution < 1.29 is 14.3 Å². The molecule has 26 heavy (non-hydrogen) atoms. The van der Waals surface area contributed by atoms with E-state index in [4.69, 9.17) is 16.3 Å². The fourth-order valence-electron chi connectivity index (χ4n) is 2.33. The fraction of sp³-hybridized carbons (Fsp3) is 0.263. The van der Waals surface area contributed by atoms with Gasteiger partial charge in [0.2, 0.25) is 11.8 Å². The number of benzene rings is 2. The largest absolute Gasteiger partial charge is 0.495 e. The van der Waals surface area contributed by atoms with Gasteiger partial charge in [-0.3, -0.25) is 14.5 Å². The topological polar surface area (TPSA) is 70.7 Å². The first-order valence-electron chi connectivity index (χ1n) is 8.06. The first-order chi connectivity index (χ1) is 12.4. The molecule has 0 aliphatic heterocycles. The molecule has 0 bridgehead atoms. The molecule has 0 fully saturated rings. The number of amides is 2. The molecule has 2 N–H and O–H groups in total. The van der Waals surface area contributed by atoms with E-state index in [2.05, 4.69) is 10.6 Å². The summed E-state index contributed by atoms with van der Waals surface area (Å²) in [4.78, 5) is 25.8. The van der Waals surface area contributed by atoms with Gasteiger partial charge in [0.25, 0.3) is 0 Å². The third-order valence-corrected chi connectivity index (χ3v) is 3.89. The van der Waals surface area contributed by atoms with Crippen molar-refractivity contribution in [3.63, 3.8) is 0 Å². The Kier molecular flexibility index (Phi) is 7.00. The number of nitrogens with one attached hydrogen (secondary N) is 2. The number of anilines is 2. The zero-order valence-corrected chi connectivity index (χ0v) is 15.8. The summed E-state index contributed by atoms with van der Waals surface area (Å²) in [5.41, 5.74) is 2.42. The van der Waals surface area contributed by atoms with Crippen LogP contribution >= 0.6 is 11.6 Å². The molecule has 6 nitrogen and oxygen atoms in total. The third kappa shape index (κ3) is 6.06. The number of hydrogen-bond donors (Lipinski definition) is 2. The third-order valence-electron chi connectivity index (χ3n) is 3.60. The van der Waals surface area contributed by atoms with Gasteiger partial charge in [0.05, 0.1) is 25.2 Å². The Morgan fingerprint density at radius 2 is 1.54 bits per heavy atom. The van der Waals surface area contributed by atoms with Gasteiger partial charge < -0.3 is 15.4 Å². The van der Waals surface area contributed by atoms with Crippen molar-refractivity contribution in [1.29, 1.82) is 0 Å². The highest BCUT2D eigenvalue weighted by Crippen LogP contribution is 2.27. The highest BCUT2D eigenvalue weighted by molar-refractivity contribution is 6.32. The standard InChI is InChI=1S/C19H22ClN3O3/c1-13-4-6-14(7-5-13)21-18(24)11-23(2)12-19(25)22-15-8-9-17(26-3)16(20)10-15/h4-10H,11-12H2,1-3H3,(H,21,24)(H,22,25). The Balaban J connectivity index is 1.81. The number of nitrogens with zero attached hydrogens (tertiary/aromatic N) is 1. The minimum absolute atomic E-state index is 0.0744. The highest BCUT2D eigenvalue weighted by atomic mass is 35.5. The first-order valence-corrected chi connectivity index (χ1v) is 8.43. The van der Waals surface area contributed by atoms with E-state index >= 15 is 0 Å². The van der Waals surface area contributed by atoms with Crippen LogP contribution in [0.5, 0.6) is 5.75 Å². The minimum atomic E-state index is -0.239. The van der Waals surface area contributed by atoms with E-state index in [1.54, 1.807) is 30.1 Å². The molecular weight excluding hydrogens is 354 g/mol. The van der Waals surface area contributed by atoms with Crippen molar-refractivity contribution in [3.8, 4) is 5.75 Å². The van der Waals surface area contributed by atoms with Gasteiger partial charge in [-0.1, -0.05) is 29.3 Å². The molecule has 0 radical (unpaired) electrons. The second-order valence-corrected chi connectivity index (χ2v) is 6.39. The van der Waals surface area contributed by atoms with Crippen LogP contribution < -0.4 is 15.4 Å². The summed E-state index contributed by atoms with van der Waals surface area (Å²) < 4.78 is 5.07. The molecule has 2 rings (SSSR count). The number of halogens is 1. The number of rotatable bonds is 7. The second kappa shape index (κ2) is 9.22. The number of carbonyl (C=O) groups is 2. The minimum Gasteiger partial charge on any atom is -0.495 e. The monoisotopic (exact) mass is 375 g/mol. The lowest BCUT2D eigenvalue weighted by molar-refractivity contribution is -0.119. The van der Waals surface area contributed by atoms with Crippen LogP contribution in [0.3, 0.4) is 0 Å². The predicted octanol–water partition coefficient (Wildman–Crippen LogP) is 3.17. The number of hydrogen-bond acceptors (Lipinski definition) is 4. The van der Waals surface area contributed by atoms with Gasteiger partial charge in [-0.15, -0.1) is 0 Å². The van der Waals surface area contributed by atoms with Crippen LogP contribution in [-0.4, -0.2) is 44.0 Å². The molecular formula is C19H22ClN3O3. The maximum Gasteiger partial charge on any atom is 0.238 e. The highest BCUT2D eigenvalue weighted by Gasteiger charge is 2.12. The SMILES string of the molecule is COc1ccc(NC(=O)CN(C)CC(=O)Nc2ccc(C)cc2)cc1Cl. The second-order valence-electron chi connectivity index (χ2n) is 5.98. The quantitative estimate of drug-likeness (QED) is 0.779. The van der Waals surface area contributed by atoms with Crippen LogP contribution in [0.15, 0.2) is 42.5 Å². The Labute approximate surface area is 158 Å². The van der Waals surface area contributed by atoms with Gasteiger partial charge >= 0.3 is 0 Å². The van der Waals surface area contributed by atoms with E-state index in [1.165, 1.54) is 7.11 Å². The van der Waals surface area contributed by atoms with Crippen molar-refractivity contribution in [2.75, 3.05) is 37.9 Å². The van der Waals surface area contributed by atoms with Crippen LogP contribution in [0.2, 0.25) is 5.02 Å². The smallest absolute Gasteiger partial charge is 0.238 e. The predicted molar refractivity (Wildman–Crippen MR) is 104 cm³/mol. The van der Waals surface area contributed by atoms with Crippen molar-refractivity contribution in [3.05, 3.63) is 53.1 Å². The number of likely N-dealkylation sites (N-methyl/N-ethyl adjacent to an activating group) is 1. The molecule has 2 amide bonds. The van der Waals surface area contributed by atoms with Crippen LogP contribution in [-0.2, 0) is 9.59 Å². The van der Waals surface area contributed by atoms with Gasteiger partial charge in [0, 0.05) is 11.4 Å². The van der Waals surface area contributed by atoms with E-state index < -0.39 is 0 Å². The average Bonchev–Trinajstić information content (AvgIpc) is 2.56. The van der Waals surface area contributed by atoms with Crippen LogP contribution in [0.25, 0.3) is 0 Å². The van der Waals surface area contributed by atoms with E-state index in [-0.39, 0.29) is 24.9 Å². The summed E-state index contributed by atoms with van der Waals surface area (Å²) in [6, 6.07) is 12.5. The molecule has 0 unspecified atom stereocenters. The molecule has 0 atom stereocenters. The number of ether oxygens (including phenoxy) is 1. The summed E-state index contributed by atoms with van der Waals surface area (Å²) in [6.45, 7) is 2.16. The normalized spacial score (nSPS) is 10.5. The molecule has 0 heterocycles. The molecule has 0 aliphatic rings. The van der Waals surface area contributed by atoms with Crippen LogP contribution in [0, 0.1) is 6.92 Å². The van der Waals surface area contributed by atoms with Crippen molar-refractivity contribution in [2.45, 2.75) is 6.92 Å². The zero-order chi connectivity index (χ0) is 19.1. The zero-order valence-electron chi connectivity index (χ0n) is 15.0. The first kappa shape index (κ1) is 19.8. The maximum absolute atomic E-state index is 12.1. The average molecular weight is 376 g/mol. The van der Waals surface area contributed by atoms with E-state index in [9.17, 15) is 9.59 Å². The summed E-state index contributed by atoms with van der Waals surface area (Å²) >= 11 is 6.03. The van der Waals surface area contributed by atoms with E-state index in [1.807, 2.05) is 31.2 Å². The van der Waals surface area contributed by atoms with Gasteiger partial charge in [-0.25, -0.2) is 0 Å². The molecule has 0 saturated carbocycles. The maximum atomic E-state index is 12.1. The van der Waals surface area contributed by atoms with Gasteiger partial charge in [-0.05, 0) is 44.3 Å². The van der Waals surface area contributed by atoms with Gasteiger partial charge in [0.1, 0.15) is 5.75 Å². The molecule has 0 aliphatic carbocycles. The molecule has 138 valence electrons. The summed E-state index contributed by atoms with van der Waals surface area (Å²) in [7, 11) is 3.23. The molecule has 2 aromatic rings. The molecule has 0 saturated heterocycles. The number of carbonyl (C=O) groups excluding carboxylic acids is 2. The lowest BCUT2D eigenvalue weighted by Gasteiger charge is -2.16. The van der Waals surface area contributed by atoms with Crippen LogP contribution in [0.4, 0.5) is 11.4 Å². The van der Waals surface area contributed by atoms with Gasteiger partial charge in [0.15, 0.2) is 0 Å². The van der Waals surface area contributed by atoms with E-state index in [0.29, 0.717) is 16.5 Å². The lowest BCUT2D eigenvalue weighted by Crippen LogP contribution is -2.36. The van der Waals surface area contributed by atoms with Crippen molar-refractivity contribution in [1.82, 2.24) is 4.90 Å². The summed E-state index contributed by atoms with van der Waals surface area (Å²) in [5.74, 6) is 0.114. The van der Waals surface area contributed by atoms with E-state index in [0.717, 1.165) is 11.3 Å². The molecule has 2 aromatic carbocycles. The summed E-state index contributed by atoms with van der Waals surface area (Å²) in [6.07, 6.45) is 0. The van der Waals surface area contributed by atoms with Gasteiger partial charge in [-0.2, -0.15) is 0 Å². The number of methoxy groups -OCH3 is 1. The number of aryl methyl sites for hydroxylation is 1. The lowest BCUT2D eigenvalue weighted by atomic mass is 10.2. The van der Waals surface area contributed by atoms with Crippen molar-refractivity contribution in [2.24, 2.45) is 0 Å². The Hall–Kier alpha value is -2.57. The summed E-state index contributed by atoms with van der Waals surface area (Å²) in [5, 5.41) is 5.95. The molecule has 0 aromatic heterocycles.